The summed E-state index contributed by atoms with van der Waals surface area (Å²) in [6, 6.07) is 0. The van der Waals surface area contributed by atoms with Crippen LogP contribution in [0.15, 0.2) is 0 Å². The van der Waals surface area contributed by atoms with Gasteiger partial charge in [-0.3, -0.25) is 8.42 Å². The SMILES string of the molecule is O=C([O-])[O-].O=S(=O)([O-])[O-].[K+].[NH4+]. The van der Waals surface area contributed by atoms with E-state index in [1.165, 1.54) is 0 Å². The first-order valence-corrected chi connectivity index (χ1v) is 2.61. The van der Waals surface area contributed by atoms with E-state index < -0.39 is 16.6 Å². The van der Waals surface area contributed by atoms with Crippen LogP contribution in [0.1, 0.15) is 0 Å². The van der Waals surface area contributed by atoms with Gasteiger partial charge in [0.2, 0.25) is 0 Å². The molecule has 0 aromatic carbocycles. The van der Waals surface area contributed by atoms with Crippen molar-refractivity contribution in [3.8, 4) is 0 Å². The molecule has 0 heterocycles. The first-order valence-electron chi connectivity index (χ1n) is 1.28. The van der Waals surface area contributed by atoms with Gasteiger partial charge < -0.3 is 30.3 Å². The minimum Gasteiger partial charge on any atom is -0.759 e. The van der Waals surface area contributed by atoms with Crippen molar-refractivity contribution in [1.82, 2.24) is 6.15 Å². The average molecular weight is 213 g/mol. The quantitative estimate of drug-likeness (QED) is 0.236. The van der Waals surface area contributed by atoms with Crippen molar-refractivity contribution >= 4 is 16.6 Å². The van der Waals surface area contributed by atoms with E-state index in [1.54, 1.807) is 0 Å². The Hall–Kier alpha value is 0.736. The van der Waals surface area contributed by atoms with E-state index in [1.807, 2.05) is 0 Å². The van der Waals surface area contributed by atoms with Gasteiger partial charge in [0.25, 0.3) is 0 Å². The van der Waals surface area contributed by atoms with E-state index in [-0.39, 0.29) is 57.5 Å². The van der Waals surface area contributed by atoms with Gasteiger partial charge in [0.15, 0.2) is 0 Å². The molecule has 0 aromatic rings. The Labute approximate surface area is 105 Å². The molecule has 4 N–H and O–H groups in total. The van der Waals surface area contributed by atoms with Gasteiger partial charge in [-0.05, 0) is 6.16 Å². The molecule has 0 aromatic heterocycles. The Bertz CT molecular complexity index is 161. The fraction of sp³-hybridized carbons (Fsp3) is 0. The molecule has 0 saturated heterocycles. The maximum Gasteiger partial charge on any atom is 1.00 e. The molecule has 0 rings (SSSR count). The minimum absolute atomic E-state index is 0. The molecule has 0 aliphatic heterocycles. The molecule has 11 heavy (non-hydrogen) atoms. The third kappa shape index (κ3) is 1510. The molecular weight excluding hydrogens is 209 g/mol. The van der Waals surface area contributed by atoms with Gasteiger partial charge in [-0.15, -0.1) is 0 Å². The van der Waals surface area contributed by atoms with E-state index in [0.29, 0.717) is 0 Å². The molecule has 0 aliphatic rings. The Balaban J connectivity index is -0.0000000383. The predicted octanol–water partition coefficient (Wildman–Crippen LogP) is -6.40. The van der Waals surface area contributed by atoms with Crippen LogP contribution in [0.2, 0.25) is 0 Å². The molecule has 0 fully saturated rings. The molecule has 0 unspecified atom stereocenters. The Morgan fingerprint density at radius 2 is 1.09 bits per heavy atom. The summed E-state index contributed by atoms with van der Waals surface area (Å²) in [6.45, 7) is 0. The average Bonchev–Trinajstić information content (AvgIpc) is 1.19. The zero-order chi connectivity index (χ0) is 8.08. The minimum atomic E-state index is -5.17. The summed E-state index contributed by atoms with van der Waals surface area (Å²) in [5.41, 5.74) is 0. The number of quaternary nitrogens is 1. The normalized spacial score (nSPS) is 7.45. The number of carbonyl (C=O) groups excluding carboxylic acids is 1. The first kappa shape index (κ1) is 22.6. The van der Waals surface area contributed by atoms with E-state index in [2.05, 4.69) is 0 Å². The van der Waals surface area contributed by atoms with Crippen molar-refractivity contribution in [3.05, 3.63) is 0 Å². The molecule has 8 nitrogen and oxygen atoms in total. The van der Waals surface area contributed by atoms with Crippen LogP contribution in [0, 0.1) is 0 Å². The fourth-order valence-corrected chi connectivity index (χ4v) is 0. The summed E-state index contributed by atoms with van der Waals surface area (Å²) in [7, 11) is -5.17. The molecule has 0 atom stereocenters. The maximum atomic E-state index is 8.52. The number of carboxylic acid groups (broad SMARTS) is 2. The second-order valence-corrected chi connectivity index (χ2v) is 1.47. The third-order valence-electron chi connectivity index (χ3n) is 0. The summed E-state index contributed by atoms with van der Waals surface area (Å²) < 4.78 is 34.1. The molecular formula is CH4KNO7S-2. The smallest absolute Gasteiger partial charge is 0.759 e. The molecule has 0 bridgehead atoms. The van der Waals surface area contributed by atoms with Crippen molar-refractivity contribution < 1.29 is 83.9 Å². The van der Waals surface area contributed by atoms with Crippen LogP contribution in [0.5, 0.6) is 0 Å². The molecule has 10 heteroatoms. The van der Waals surface area contributed by atoms with Gasteiger partial charge in [0.1, 0.15) is 0 Å². The summed E-state index contributed by atoms with van der Waals surface area (Å²) >= 11 is 0. The van der Waals surface area contributed by atoms with Gasteiger partial charge in [-0.25, -0.2) is 0 Å². The topological polar surface area (TPSA) is 180 Å². The number of rotatable bonds is 0. The van der Waals surface area contributed by atoms with E-state index in [4.69, 9.17) is 32.5 Å². The molecule has 0 saturated carbocycles. The van der Waals surface area contributed by atoms with Gasteiger partial charge in [0.05, 0.1) is 0 Å². The van der Waals surface area contributed by atoms with Crippen LogP contribution in [0.4, 0.5) is 4.79 Å². The van der Waals surface area contributed by atoms with Crippen LogP contribution in [0.25, 0.3) is 0 Å². The van der Waals surface area contributed by atoms with Crippen molar-refractivity contribution in [2.75, 3.05) is 0 Å². The maximum absolute atomic E-state index is 8.52. The Morgan fingerprint density at radius 3 is 1.09 bits per heavy atom. The van der Waals surface area contributed by atoms with Gasteiger partial charge >= 0.3 is 51.4 Å². The van der Waals surface area contributed by atoms with Crippen molar-refractivity contribution in [3.63, 3.8) is 0 Å². The van der Waals surface area contributed by atoms with Crippen molar-refractivity contribution in [2.24, 2.45) is 0 Å². The van der Waals surface area contributed by atoms with Crippen molar-refractivity contribution in [2.45, 2.75) is 0 Å². The Kier molecular flexibility index (Phi) is 22.1. The fourth-order valence-electron chi connectivity index (χ4n) is 0. The van der Waals surface area contributed by atoms with Gasteiger partial charge in [-0.1, -0.05) is 0 Å². The van der Waals surface area contributed by atoms with E-state index in [9.17, 15) is 0 Å². The number of hydrogen-bond acceptors (Lipinski definition) is 7. The molecule has 0 amide bonds. The van der Waals surface area contributed by atoms with Gasteiger partial charge in [0, 0.05) is 10.4 Å². The largest absolute Gasteiger partial charge is 1.00 e. The van der Waals surface area contributed by atoms with Crippen LogP contribution < -0.4 is 67.7 Å². The van der Waals surface area contributed by atoms with E-state index in [0.717, 1.165) is 0 Å². The summed E-state index contributed by atoms with van der Waals surface area (Å²) in [5.74, 6) is 0. The molecule has 0 radical (unpaired) electrons. The van der Waals surface area contributed by atoms with Crippen molar-refractivity contribution in [1.29, 1.82) is 0 Å². The van der Waals surface area contributed by atoms with Crippen LogP contribution >= 0.6 is 0 Å². The summed E-state index contributed by atoms with van der Waals surface area (Å²) in [5, 5.41) is 16.7. The van der Waals surface area contributed by atoms with Crippen LogP contribution in [0.3, 0.4) is 0 Å². The Morgan fingerprint density at radius 1 is 1.09 bits per heavy atom. The second-order valence-electron chi connectivity index (χ2n) is 0.658. The van der Waals surface area contributed by atoms with E-state index >= 15 is 0 Å². The summed E-state index contributed by atoms with van der Waals surface area (Å²) in [4.78, 5) is 8.33. The number of hydrogen-bond donors (Lipinski definition) is 1. The standard InChI is InChI=1S/CH2O3.K.H3N.H2O4S/c2-1(3)4;;;1-5(2,3)4/h(H2,2,3,4);;1H3;(H2,1,2,3,4)/q;+1;;/p-3. The van der Waals surface area contributed by atoms with Crippen LogP contribution in [-0.2, 0) is 10.4 Å². The second kappa shape index (κ2) is 10.7. The molecule has 64 valence electrons. The first-order chi connectivity index (χ1) is 3.73. The monoisotopic (exact) mass is 213 g/mol. The van der Waals surface area contributed by atoms with Crippen LogP contribution in [-0.4, -0.2) is 23.7 Å². The summed E-state index contributed by atoms with van der Waals surface area (Å²) in [6.07, 6.45) is -2.33. The molecule has 0 aliphatic carbocycles. The zero-order valence-electron chi connectivity index (χ0n) is 5.77. The van der Waals surface area contributed by atoms with Gasteiger partial charge in [-0.2, -0.15) is 0 Å². The number of carbonyl (C=O) groups is 1. The predicted molar refractivity (Wildman–Crippen MR) is 21.9 cm³/mol. The molecule has 0 spiro atoms. The zero-order valence-corrected chi connectivity index (χ0v) is 9.71. The third-order valence-corrected chi connectivity index (χ3v) is 0.